The van der Waals surface area contributed by atoms with Crippen LogP contribution in [0.3, 0.4) is 0 Å². The van der Waals surface area contributed by atoms with E-state index in [1.807, 2.05) is 5.38 Å². The molecule has 0 radical (unpaired) electrons. The molecule has 1 atom stereocenters. The second-order valence-corrected chi connectivity index (χ2v) is 10.8. The molecule has 5 rings (SSSR count). The van der Waals surface area contributed by atoms with Gasteiger partial charge in [-0.15, -0.1) is 11.3 Å². The van der Waals surface area contributed by atoms with Crippen LogP contribution in [0.15, 0.2) is 34.4 Å². The molecule has 1 amide bonds. The van der Waals surface area contributed by atoms with Crippen molar-refractivity contribution < 1.29 is 4.79 Å². The van der Waals surface area contributed by atoms with Crippen molar-refractivity contribution in [2.75, 3.05) is 18.0 Å². The minimum Gasteiger partial charge on any atom is -0.353 e. The molecule has 2 aromatic heterocycles. The highest BCUT2D eigenvalue weighted by atomic mass is 32.1. The number of anilines is 1. The summed E-state index contributed by atoms with van der Waals surface area (Å²) in [5, 5.41) is 5.36. The lowest BCUT2D eigenvalue weighted by atomic mass is 9.94. The van der Waals surface area contributed by atoms with Gasteiger partial charge in [-0.25, -0.2) is 4.98 Å². The van der Waals surface area contributed by atoms with E-state index in [-0.39, 0.29) is 17.4 Å². The number of aryl methyl sites for hydroxylation is 1. The fourth-order valence-electron chi connectivity index (χ4n) is 5.31. The van der Waals surface area contributed by atoms with Gasteiger partial charge in [0, 0.05) is 30.1 Å². The number of benzene rings is 1. The highest BCUT2D eigenvalue weighted by Crippen LogP contribution is 2.32. The summed E-state index contributed by atoms with van der Waals surface area (Å²) in [7, 11) is 0. The number of aromatic nitrogens is 2. The summed E-state index contributed by atoms with van der Waals surface area (Å²) < 4.78 is 0.648. The van der Waals surface area contributed by atoms with Crippen molar-refractivity contribution in [3.63, 3.8) is 0 Å². The van der Waals surface area contributed by atoms with Crippen LogP contribution in [0.1, 0.15) is 63.4 Å². The maximum Gasteiger partial charge on any atom is 0.270 e. The number of amides is 1. The van der Waals surface area contributed by atoms with Gasteiger partial charge in [-0.05, 0) is 38.2 Å². The van der Waals surface area contributed by atoms with Gasteiger partial charge in [-0.3, -0.25) is 14.6 Å². The van der Waals surface area contributed by atoms with Crippen molar-refractivity contribution in [1.29, 1.82) is 0 Å². The first kappa shape index (κ1) is 23.1. The molecule has 3 aromatic rings. The summed E-state index contributed by atoms with van der Waals surface area (Å²) in [5.41, 5.74) is 3.89. The molecule has 2 fully saturated rings. The molecule has 1 aliphatic heterocycles. The highest BCUT2D eigenvalue weighted by Gasteiger charge is 2.29. The van der Waals surface area contributed by atoms with E-state index in [0.717, 1.165) is 48.9 Å². The Balaban J connectivity index is 1.34. The van der Waals surface area contributed by atoms with Crippen LogP contribution in [0.2, 0.25) is 0 Å². The number of fused-ring (bicyclic) bond motifs is 1. The zero-order valence-corrected chi connectivity index (χ0v) is 20.8. The lowest BCUT2D eigenvalue weighted by molar-refractivity contribution is -0.126. The Morgan fingerprint density at radius 3 is 2.56 bits per heavy atom. The standard InChI is InChI=1S/C27H34N4O2S/c1-18-11-13-19(14-12-18)22-17-34-24-23(22)29-27(30-26(24)33)31-15-7-8-20(16-31)25(32)28-21-9-5-3-2-4-6-10-21/h11-14,17,20-21H,2-10,15-16H2,1H3,(H,28,32)(H,29,30,33)/t20-/m1/s1. The molecule has 0 unspecified atom stereocenters. The molecule has 1 saturated heterocycles. The number of aromatic amines is 1. The van der Waals surface area contributed by atoms with Gasteiger partial charge in [0.1, 0.15) is 4.70 Å². The average molecular weight is 479 g/mol. The van der Waals surface area contributed by atoms with Crippen molar-refractivity contribution in [2.45, 2.75) is 70.8 Å². The molecule has 1 aliphatic carbocycles. The maximum absolute atomic E-state index is 13.1. The summed E-state index contributed by atoms with van der Waals surface area (Å²) >= 11 is 1.43. The van der Waals surface area contributed by atoms with Crippen molar-refractivity contribution in [1.82, 2.24) is 15.3 Å². The minimum atomic E-state index is -0.107. The number of rotatable bonds is 4. The number of thiophene rings is 1. The number of nitrogens with one attached hydrogen (secondary N) is 2. The summed E-state index contributed by atoms with van der Waals surface area (Å²) in [6.45, 7) is 3.46. The molecule has 180 valence electrons. The molecule has 3 heterocycles. The van der Waals surface area contributed by atoms with E-state index in [0.29, 0.717) is 23.2 Å². The fourth-order valence-corrected chi connectivity index (χ4v) is 6.22. The van der Waals surface area contributed by atoms with E-state index in [9.17, 15) is 9.59 Å². The van der Waals surface area contributed by atoms with E-state index >= 15 is 0 Å². The van der Waals surface area contributed by atoms with Crippen LogP contribution in [0.5, 0.6) is 0 Å². The molecule has 2 N–H and O–H groups in total. The minimum absolute atomic E-state index is 0.0702. The summed E-state index contributed by atoms with van der Waals surface area (Å²) in [5.74, 6) is 0.668. The molecule has 34 heavy (non-hydrogen) atoms. The van der Waals surface area contributed by atoms with E-state index < -0.39 is 0 Å². The number of hydrogen-bond donors (Lipinski definition) is 2. The lowest BCUT2D eigenvalue weighted by Crippen LogP contribution is -2.46. The Labute approximate surface area is 204 Å². The largest absolute Gasteiger partial charge is 0.353 e. The third kappa shape index (κ3) is 5.04. The predicted octanol–water partition coefficient (Wildman–Crippen LogP) is 5.41. The third-order valence-corrected chi connectivity index (χ3v) is 8.29. The molecule has 0 spiro atoms. The highest BCUT2D eigenvalue weighted by molar-refractivity contribution is 7.17. The van der Waals surface area contributed by atoms with Crippen molar-refractivity contribution in [2.24, 2.45) is 5.92 Å². The lowest BCUT2D eigenvalue weighted by Gasteiger charge is -2.33. The monoisotopic (exact) mass is 478 g/mol. The summed E-state index contributed by atoms with van der Waals surface area (Å²) in [6.07, 6.45) is 10.3. The van der Waals surface area contributed by atoms with Gasteiger partial charge < -0.3 is 10.2 Å². The van der Waals surface area contributed by atoms with Crippen LogP contribution in [-0.2, 0) is 4.79 Å². The molecule has 2 aliphatic rings. The Kier molecular flexibility index (Phi) is 6.99. The Bertz CT molecular complexity index is 1190. The first-order valence-corrected chi connectivity index (χ1v) is 13.6. The number of piperidine rings is 1. The molecule has 1 aromatic carbocycles. The normalized spacial score (nSPS) is 20.1. The quantitative estimate of drug-likeness (QED) is 0.526. The zero-order chi connectivity index (χ0) is 23.5. The van der Waals surface area contributed by atoms with Crippen molar-refractivity contribution in [3.8, 4) is 11.1 Å². The third-order valence-electron chi connectivity index (χ3n) is 7.32. The van der Waals surface area contributed by atoms with Crippen LogP contribution in [-0.4, -0.2) is 35.0 Å². The van der Waals surface area contributed by atoms with Gasteiger partial charge in [0.05, 0.1) is 11.4 Å². The SMILES string of the molecule is Cc1ccc(-c2csc3c(=O)[nH]c(N4CCC[C@@H](C(=O)NC5CCCCCCC5)C4)nc23)cc1. The van der Waals surface area contributed by atoms with Gasteiger partial charge in [0.25, 0.3) is 5.56 Å². The van der Waals surface area contributed by atoms with Gasteiger partial charge in [-0.2, -0.15) is 0 Å². The number of nitrogens with zero attached hydrogens (tertiary/aromatic N) is 2. The first-order chi connectivity index (χ1) is 16.6. The molecule has 1 saturated carbocycles. The molecular weight excluding hydrogens is 444 g/mol. The van der Waals surface area contributed by atoms with Crippen LogP contribution < -0.4 is 15.8 Å². The zero-order valence-electron chi connectivity index (χ0n) is 19.9. The number of H-pyrrole nitrogens is 1. The molecule has 6 nitrogen and oxygen atoms in total. The second-order valence-electron chi connectivity index (χ2n) is 9.92. The van der Waals surface area contributed by atoms with E-state index in [1.54, 1.807) is 0 Å². The molecule has 0 bridgehead atoms. The van der Waals surface area contributed by atoms with E-state index in [1.165, 1.54) is 49.0 Å². The molecular formula is C27H34N4O2S. The van der Waals surface area contributed by atoms with Crippen LogP contribution in [0.4, 0.5) is 5.95 Å². The van der Waals surface area contributed by atoms with Crippen LogP contribution in [0.25, 0.3) is 21.3 Å². The first-order valence-electron chi connectivity index (χ1n) is 12.7. The van der Waals surface area contributed by atoms with Crippen LogP contribution >= 0.6 is 11.3 Å². The van der Waals surface area contributed by atoms with Crippen LogP contribution in [0, 0.1) is 12.8 Å². The average Bonchev–Trinajstić information content (AvgIpc) is 3.26. The Morgan fingerprint density at radius 1 is 1.06 bits per heavy atom. The van der Waals surface area contributed by atoms with E-state index in [2.05, 4.69) is 46.4 Å². The van der Waals surface area contributed by atoms with Crippen molar-refractivity contribution >= 4 is 33.4 Å². The van der Waals surface area contributed by atoms with Gasteiger partial charge in [0.15, 0.2) is 0 Å². The summed E-state index contributed by atoms with van der Waals surface area (Å²) in [6, 6.07) is 8.63. The maximum atomic E-state index is 13.1. The number of carbonyl (C=O) groups is 1. The van der Waals surface area contributed by atoms with Gasteiger partial charge in [0.2, 0.25) is 11.9 Å². The predicted molar refractivity (Wildman–Crippen MR) is 140 cm³/mol. The Morgan fingerprint density at radius 2 is 1.79 bits per heavy atom. The Hall–Kier alpha value is -2.67. The van der Waals surface area contributed by atoms with Gasteiger partial charge in [-0.1, -0.05) is 61.9 Å². The fraction of sp³-hybridized carbons (Fsp3) is 0.519. The number of hydrogen-bond acceptors (Lipinski definition) is 5. The van der Waals surface area contributed by atoms with E-state index in [4.69, 9.17) is 4.98 Å². The summed E-state index contributed by atoms with van der Waals surface area (Å²) in [4.78, 5) is 36.0. The smallest absolute Gasteiger partial charge is 0.270 e. The van der Waals surface area contributed by atoms with Gasteiger partial charge >= 0.3 is 0 Å². The second kappa shape index (κ2) is 10.3. The number of carbonyl (C=O) groups excluding carboxylic acids is 1. The van der Waals surface area contributed by atoms with Crippen molar-refractivity contribution in [3.05, 3.63) is 45.6 Å². The molecule has 7 heteroatoms. The topological polar surface area (TPSA) is 78.1 Å².